The molecule has 1 aliphatic rings. The third-order valence-electron chi connectivity index (χ3n) is 3.48. The van der Waals surface area contributed by atoms with Crippen molar-refractivity contribution < 1.29 is 9.90 Å². The van der Waals surface area contributed by atoms with Crippen LogP contribution >= 0.6 is 0 Å². The predicted molar refractivity (Wildman–Crippen MR) is 74.2 cm³/mol. The van der Waals surface area contributed by atoms with Crippen LogP contribution < -0.4 is 5.32 Å². The molecule has 2 rings (SSSR count). The van der Waals surface area contributed by atoms with Crippen molar-refractivity contribution in [1.82, 2.24) is 9.88 Å². The van der Waals surface area contributed by atoms with Gasteiger partial charge in [-0.05, 0) is 38.3 Å². The van der Waals surface area contributed by atoms with Crippen LogP contribution in [0.5, 0.6) is 0 Å². The Hall–Kier alpha value is -1.62. The first-order valence-corrected chi connectivity index (χ1v) is 6.88. The summed E-state index contributed by atoms with van der Waals surface area (Å²) < 4.78 is 0. The van der Waals surface area contributed by atoms with E-state index in [1.807, 2.05) is 13.0 Å². The van der Waals surface area contributed by atoms with Gasteiger partial charge < -0.3 is 15.3 Å². The molecular weight excluding hydrogens is 242 g/mol. The Labute approximate surface area is 113 Å². The predicted octanol–water partition coefficient (Wildman–Crippen LogP) is 1.50. The Morgan fingerprint density at radius 1 is 1.53 bits per heavy atom. The van der Waals surface area contributed by atoms with Gasteiger partial charge in [0.05, 0.1) is 18.5 Å². The van der Waals surface area contributed by atoms with Crippen LogP contribution in [-0.4, -0.2) is 46.6 Å². The maximum absolute atomic E-state index is 12.4. The van der Waals surface area contributed by atoms with Gasteiger partial charge in [-0.25, -0.2) is 4.98 Å². The molecule has 1 aromatic heterocycles. The molecule has 2 N–H and O–H groups in total. The number of nitrogens with one attached hydrogen (secondary N) is 1. The standard InChI is InChI=1S/C14H21N3O2/c1-2-15-11-6-7-13(16-10-11)14(19)17(8-9-18)12-4-3-5-12/h6-7,10,12,15,18H,2-5,8-9H2,1H3. The van der Waals surface area contributed by atoms with Gasteiger partial charge in [-0.2, -0.15) is 0 Å². The van der Waals surface area contributed by atoms with E-state index in [0.29, 0.717) is 12.2 Å². The van der Waals surface area contributed by atoms with Crippen molar-refractivity contribution >= 4 is 11.6 Å². The molecule has 0 spiro atoms. The molecule has 1 amide bonds. The zero-order valence-electron chi connectivity index (χ0n) is 11.3. The molecule has 104 valence electrons. The quantitative estimate of drug-likeness (QED) is 0.816. The highest BCUT2D eigenvalue weighted by atomic mass is 16.3. The third-order valence-corrected chi connectivity index (χ3v) is 3.48. The molecule has 19 heavy (non-hydrogen) atoms. The van der Waals surface area contributed by atoms with Crippen molar-refractivity contribution in [2.45, 2.75) is 32.2 Å². The number of carbonyl (C=O) groups is 1. The summed E-state index contributed by atoms with van der Waals surface area (Å²) >= 11 is 0. The Morgan fingerprint density at radius 3 is 2.79 bits per heavy atom. The number of anilines is 1. The van der Waals surface area contributed by atoms with E-state index >= 15 is 0 Å². The van der Waals surface area contributed by atoms with E-state index in [4.69, 9.17) is 5.11 Å². The number of nitrogens with zero attached hydrogens (tertiary/aromatic N) is 2. The molecule has 0 saturated heterocycles. The molecule has 1 aromatic rings. The maximum atomic E-state index is 12.4. The minimum absolute atomic E-state index is 0.00227. The second-order valence-electron chi connectivity index (χ2n) is 4.77. The minimum Gasteiger partial charge on any atom is -0.395 e. The van der Waals surface area contributed by atoms with Crippen molar-refractivity contribution in [3.8, 4) is 0 Å². The van der Waals surface area contributed by atoms with Gasteiger partial charge in [-0.1, -0.05) is 0 Å². The number of hydrogen-bond donors (Lipinski definition) is 2. The van der Waals surface area contributed by atoms with E-state index in [0.717, 1.165) is 31.5 Å². The van der Waals surface area contributed by atoms with E-state index in [2.05, 4.69) is 10.3 Å². The summed E-state index contributed by atoms with van der Waals surface area (Å²) in [6, 6.07) is 3.88. The van der Waals surface area contributed by atoms with Crippen LogP contribution in [0.1, 0.15) is 36.7 Å². The summed E-state index contributed by atoms with van der Waals surface area (Å²) in [7, 11) is 0. The third kappa shape index (κ3) is 3.23. The summed E-state index contributed by atoms with van der Waals surface area (Å²) in [5.74, 6) is -0.0817. The SMILES string of the molecule is CCNc1ccc(C(=O)N(CCO)C2CCC2)nc1. The molecule has 0 atom stereocenters. The van der Waals surface area contributed by atoms with Crippen LogP contribution in [-0.2, 0) is 0 Å². The highest BCUT2D eigenvalue weighted by Gasteiger charge is 2.29. The fraction of sp³-hybridized carbons (Fsp3) is 0.571. The molecule has 1 heterocycles. The largest absolute Gasteiger partial charge is 0.395 e. The fourth-order valence-electron chi connectivity index (χ4n) is 2.23. The topological polar surface area (TPSA) is 65.5 Å². The first-order chi connectivity index (χ1) is 9.26. The smallest absolute Gasteiger partial charge is 0.272 e. The number of carbonyl (C=O) groups excluding carboxylic acids is 1. The number of amides is 1. The normalized spacial score (nSPS) is 14.8. The molecule has 0 unspecified atom stereocenters. The highest BCUT2D eigenvalue weighted by Crippen LogP contribution is 2.25. The number of aliphatic hydroxyl groups is 1. The van der Waals surface area contributed by atoms with Crippen LogP contribution in [0.4, 0.5) is 5.69 Å². The van der Waals surface area contributed by atoms with E-state index < -0.39 is 0 Å². The summed E-state index contributed by atoms with van der Waals surface area (Å²) in [4.78, 5) is 18.3. The molecule has 1 saturated carbocycles. The van der Waals surface area contributed by atoms with Gasteiger partial charge in [0.15, 0.2) is 0 Å². The second kappa shape index (κ2) is 6.52. The van der Waals surface area contributed by atoms with Crippen LogP contribution in [0.25, 0.3) is 0 Å². The van der Waals surface area contributed by atoms with Crippen LogP contribution in [0.15, 0.2) is 18.3 Å². The molecule has 1 fully saturated rings. The maximum Gasteiger partial charge on any atom is 0.272 e. The van der Waals surface area contributed by atoms with Crippen molar-refractivity contribution in [2.75, 3.05) is 25.0 Å². The highest BCUT2D eigenvalue weighted by molar-refractivity contribution is 5.92. The molecule has 0 aromatic carbocycles. The van der Waals surface area contributed by atoms with E-state index in [-0.39, 0.29) is 18.6 Å². The van der Waals surface area contributed by atoms with Crippen molar-refractivity contribution in [3.63, 3.8) is 0 Å². The molecule has 0 radical (unpaired) electrons. The molecule has 0 bridgehead atoms. The van der Waals surface area contributed by atoms with E-state index in [9.17, 15) is 4.79 Å². The van der Waals surface area contributed by atoms with Crippen LogP contribution in [0, 0.1) is 0 Å². The lowest BCUT2D eigenvalue weighted by atomic mass is 9.91. The van der Waals surface area contributed by atoms with Gasteiger partial charge in [-0.15, -0.1) is 0 Å². The average Bonchev–Trinajstić information content (AvgIpc) is 2.37. The summed E-state index contributed by atoms with van der Waals surface area (Å²) in [6.45, 7) is 3.23. The molecule has 0 aliphatic heterocycles. The van der Waals surface area contributed by atoms with Crippen molar-refractivity contribution in [3.05, 3.63) is 24.0 Å². The van der Waals surface area contributed by atoms with Crippen LogP contribution in [0.2, 0.25) is 0 Å². The van der Waals surface area contributed by atoms with Gasteiger partial charge in [-0.3, -0.25) is 4.79 Å². The summed E-state index contributed by atoms with van der Waals surface area (Å²) in [6.07, 6.45) is 4.89. The summed E-state index contributed by atoms with van der Waals surface area (Å²) in [5.41, 5.74) is 1.36. The lowest BCUT2D eigenvalue weighted by Gasteiger charge is -2.37. The fourth-order valence-corrected chi connectivity index (χ4v) is 2.23. The number of aliphatic hydroxyl groups excluding tert-OH is 1. The van der Waals surface area contributed by atoms with Crippen LogP contribution in [0.3, 0.4) is 0 Å². The lowest BCUT2D eigenvalue weighted by Crippen LogP contribution is -2.45. The van der Waals surface area contributed by atoms with Gasteiger partial charge >= 0.3 is 0 Å². The number of rotatable bonds is 6. The Balaban J connectivity index is 2.07. The van der Waals surface area contributed by atoms with Crippen molar-refractivity contribution in [2.24, 2.45) is 0 Å². The monoisotopic (exact) mass is 263 g/mol. The summed E-state index contributed by atoms with van der Waals surface area (Å²) in [5, 5.41) is 12.2. The number of hydrogen-bond acceptors (Lipinski definition) is 4. The molecule has 1 aliphatic carbocycles. The van der Waals surface area contributed by atoms with Gasteiger partial charge in [0.1, 0.15) is 5.69 Å². The van der Waals surface area contributed by atoms with E-state index in [1.165, 1.54) is 0 Å². The zero-order chi connectivity index (χ0) is 13.7. The zero-order valence-corrected chi connectivity index (χ0v) is 11.3. The minimum atomic E-state index is -0.0817. The van der Waals surface area contributed by atoms with Gasteiger partial charge in [0.2, 0.25) is 0 Å². The van der Waals surface area contributed by atoms with Gasteiger partial charge in [0, 0.05) is 19.1 Å². The lowest BCUT2D eigenvalue weighted by molar-refractivity contribution is 0.0520. The Kier molecular flexibility index (Phi) is 4.74. The molecule has 5 nitrogen and oxygen atoms in total. The van der Waals surface area contributed by atoms with E-state index in [1.54, 1.807) is 17.2 Å². The Morgan fingerprint density at radius 2 is 2.32 bits per heavy atom. The first-order valence-electron chi connectivity index (χ1n) is 6.88. The van der Waals surface area contributed by atoms with Crippen molar-refractivity contribution in [1.29, 1.82) is 0 Å². The number of aromatic nitrogens is 1. The van der Waals surface area contributed by atoms with Gasteiger partial charge in [0.25, 0.3) is 5.91 Å². The number of pyridine rings is 1. The molecular formula is C14H21N3O2. The molecule has 5 heteroatoms. The first kappa shape index (κ1) is 13.8. The average molecular weight is 263 g/mol. The second-order valence-corrected chi connectivity index (χ2v) is 4.77. The Bertz CT molecular complexity index is 415.